The van der Waals surface area contributed by atoms with Crippen molar-refractivity contribution in [2.45, 2.75) is 13.0 Å². The van der Waals surface area contributed by atoms with Gasteiger partial charge in [0.2, 0.25) is 0 Å². The van der Waals surface area contributed by atoms with Gasteiger partial charge in [0.1, 0.15) is 11.5 Å². The van der Waals surface area contributed by atoms with E-state index in [2.05, 4.69) is 10.2 Å². The number of halogens is 1. The minimum absolute atomic E-state index is 0.102. The summed E-state index contributed by atoms with van der Waals surface area (Å²) in [7, 11) is 0. The number of para-hydroxylation sites is 1. The van der Waals surface area contributed by atoms with Gasteiger partial charge in [-0.25, -0.2) is 9.37 Å². The smallest absolute Gasteiger partial charge is 0.196 e. The van der Waals surface area contributed by atoms with Crippen LogP contribution in [0, 0.1) is 10.6 Å². The van der Waals surface area contributed by atoms with Crippen LogP contribution in [-0.4, -0.2) is 19.7 Å². The van der Waals surface area contributed by atoms with Gasteiger partial charge in [0, 0.05) is 5.39 Å². The Morgan fingerprint density at radius 2 is 1.80 bits per heavy atom. The minimum Gasteiger partial charge on any atom is -0.292 e. The van der Waals surface area contributed by atoms with Crippen molar-refractivity contribution >= 4 is 23.1 Å². The number of H-pyrrole nitrogens is 1. The molecule has 2 heterocycles. The molecule has 0 saturated heterocycles. The third kappa shape index (κ3) is 2.85. The Morgan fingerprint density at radius 1 is 1.04 bits per heavy atom. The van der Waals surface area contributed by atoms with Crippen molar-refractivity contribution in [1.29, 1.82) is 0 Å². The Labute approximate surface area is 149 Å². The Hall–Kier alpha value is -2.86. The monoisotopic (exact) mass is 350 g/mol. The zero-order valence-corrected chi connectivity index (χ0v) is 14.3. The van der Waals surface area contributed by atoms with E-state index in [9.17, 15) is 4.39 Å². The third-order valence-electron chi connectivity index (χ3n) is 4.27. The van der Waals surface area contributed by atoms with Crippen LogP contribution >= 0.6 is 12.2 Å². The average molecular weight is 350 g/mol. The second-order valence-corrected chi connectivity index (χ2v) is 6.23. The zero-order valence-electron chi connectivity index (χ0n) is 13.5. The van der Waals surface area contributed by atoms with Crippen LogP contribution < -0.4 is 0 Å². The molecule has 0 spiro atoms. The number of aromatic amines is 1. The molecule has 0 unspecified atom stereocenters. The van der Waals surface area contributed by atoms with Crippen LogP contribution in [0.2, 0.25) is 0 Å². The molecule has 0 aliphatic heterocycles. The number of hydrogen-bond donors (Lipinski definition) is 1. The number of pyridine rings is 1. The summed E-state index contributed by atoms with van der Waals surface area (Å²) in [4.78, 5) is 4.70. The van der Waals surface area contributed by atoms with Gasteiger partial charge in [-0.3, -0.25) is 9.67 Å². The molecule has 4 aromatic rings. The molecule has 1 atom stereocenters. The van der Waals surface area contributed by atoms with Crippen molar-refractivity contribution < 1.29 is 4.39 Å². The quantitative estimate of drug-likeness (QED) is 0.534. The Bertz CT molecular complexity index is 1100. The first kappa shape index (κ1) is 15.7. The normalized spacial score (nSPS) is 12.4. The molecule has 2 aromatic carbocycles. The predicted octanol–water partition coefficient (Wildman–Crippen LogP) is 4.90. The van der Waals surface area contributed by atoms with Gasteiger partial charge in [0.25, 0.3) is 0 Å². The highest BCUT2D eigenvalue weighted by molar-refractivity contribution is 7.71. The van der Waals surface area contributed by atoms with Crippen LogP contribution in [-0.2, 0) is 0 Å². The highest BCUT2D eigenvalue weighted by atomic mass is 32.1. The van der Waals surface area contributed by atoms with Crippen LogP contribution in [0.5, 0.6) is 0 Å². The molecule has 0 amide bonds. The number of hydrogen-bond acceptors (Lipinski definition) is 3. The Morgan fingerprint density at radius 3 is 2.60 bits per heavy atom. The highest BCUT2D eigenvalue weighted by Gasteiger charge is 2.17. The lowest BCUT2D eigenvalue weighted by Gasteiger charge is -2.16. The number of fused-ring (bicyclic) bond motifs is 1. The summed E-state index contributed by atoms with van der Waals surface area (Å²) in [6.45, 7) is 2.00. The van der Waals surface area contributed by atoms with E-state index < -0.39 is 0 Å². The van der Waals surface area contributed by atoms with Crippen molar-refractivity contribution in [2.24, 2.45) is 0 Å². The highest BCUT2D eigenvalue weighted by Crippen LogP contribution is 2.26. The number of nitrogens with one attached hydrogen (secondary N) is 1. The molecule has 124 valence electrons. The molecule has 0 bridgehead atoms. The van der Waals surface area contributed by atoms with Crippen LogP contribution in [0.4, 0.5) is 4.39 Å². The molecule has 0 aliphatic carbocycles. The fourth-order valence-electron chi connectivity index (χ4n) is 2.93. The van der Waals surface area contributed by atoms with E-state index in [1.165, 1.54) is 12.1 Å². The Kier molecular flexibility index (Phi) is 3.89. The second kappa shape index (κ2) is 6.22. The summed E-state index contributed by atoms with van der Waals surface area (Å²) < 4.78 is 15.6. The Balaban J connectivity index is 1.83. The van der Waals surface area contributed by atoms with E-state index in [1.807, 2.05) is 47.9 Å². The molecular formula is C19H15FN4S. The van der Waals surface area contributed by atoms with Crippen molar-refractivity contribution in [1.82, 2.24) is 19.7 Å². The van der Waals surface area contributed by atoms with E-state index in [0.29, 0.717) is 10.6 Å². The number of nitrogens with zero attached hydrogens (tertiary/aromatic N) is 3. The van der Waals surface area contributed by atoms with Gasteiger partial charge >= 0.3 is 0 Å². The first-order chi connectivity index (χ1) is 12.1. The molecule has 25 heavy (non-hydrogen) atoms. The lowest BCUT2D eigenvalue weighted by molar-refractivity contribution is 0.614. The molecule has 0 aliphatic rings. The van der Waals surface area contributed by atoms with Gasteiger partial charge in [0.05, 0.1) is 11.6 Å². The molecular weight excluding hydrogens is 335 g/mol. The van der Waals surface area contributed by atoms with Crippen LogP contribution in [0.15, 0.2) is 60.7 Å². The standard InChI is InChI=1S/C19H15FN4S/c1-12(13-6-9-15(20)10-7-13)24-18(22-23-19(24)25)17-11-8-14-4-2-3-5-16(14)21-17/h2-12H,1H3,(H,23,25)/t12-/m1/s1. The molecule has 0 radical (unpaired) electrons. The summed E-state index contributed by atoms with van der Waals surface area (Å²) in [5, 5.41) is 8.28. The first-order valence-electron chi connectivity index (χ1n) is 7.92. The molecule has 4 rings (SSSR count). The van der Waals surface area contributed by atoms with E-state index >= 15 is 0 Å². The number of rotatable bonds is 3. The SMILES string of the molecule is C[C@H](c1ccc(F)cc1)n1c(-c2ccc3ccccc3n2)n[nH]c1=S. The van der Waals surface area contributed by atoms with Gasteiger partial charge in [-0.05, 0) is 49.0 Å². The molecule has 0 saturated carbocycles. The fraction of sp³-hybridized carbons (Fsp3) is 0.105. The van der Waals surface area contributed by atoms with E-state index in [1.54, 1.807) is 12.1 Å². The lowest BCUT2D eigenvalue weighted by atomic mass is 10.1. The molecule has 2 aromatic heterocycles. The van der Waals surface area contributed by atoms with Crippen LogP contribution in [0.3, 0.4) is 0 Å². The number of aromatic nitrogens is 4. The number of benzene rings is 2. The van der Waals surface area contributed by atoms with Crippen molar-refractivity contribution in [3.63, 3.8) is 0 Å². The van der Waals surface area contributed by atoms with Gasteiger partial charge in [-0.15, -0.1) is 0 Å². The lowest BCUT2D eigenvalue weighted by Crippen LogP contribution is -2.09. The molecule has 4 nitrogen and oxygen atoms in total. The summed E-state index contributed by atoms with van der Waals surface area (Å²) in [6.07, 6.45) is 0. The molecule has 1 N–H and O–H groups in total. The van der Waals surface area contributed by atoms with Crippen molar-refractivity contribution in [3.8, 4) is 11.5 Å². The zero-order chi connectivity index (χ0) is 17.4. The maximum Gasteiger partial charge on any atom is 0.196 e. The molecule has 6 heteroatoms. The van der Waals surface area contributed by atoms with Gasteiger partial charge in [-0.1, -0.05) is 36.4 Å². The summed E-state index contributed by atoms with van der Waals surface area (Å²) >= 11 is 5.41. The topological polar surface area (TPSA) is 46.5 Å². The molecule has 0 fully saturated rings. The van der Waals surface area contributed by atoms with Gasteiger partial charge in [0.15, 0.2) is 10.6 Å². The van der Waals surface area contributed by atoms with Gasteiger partial charge in [-0.2, -0.15) is 5.10 Å². The summed E-state index contributed by atoms with van der Waals surface area (Å²) in [5.74, 6) is 0.399. The van der Waals surface area contributed by atoms with E-state index in [-0.39, 0.29) is 11.9 Å². The van der Waals surface area contributed by atoms with Crippen molar-refractivity contribution in [2.75, 3.05) is 0 Å². The van der Waals surface area contributed by atoms with Crippen molar-refractivity contribution in [3.05, 3.63) is 76.8 Å². The predicted molar refractivity (Wildman–Crippen MR) is 98.4 cm³/mol. The maximum atomic E-state index is 13.2. The first-order valence-corrected chi connectivity index (χ1v) is 8.33. The van der Waals surface area contributed by atoms with E-state index in [4.69, 9.17) is 17.2 Å². The fourth-order valence-corrected chi connectivity index (χ4v) is 3.22. The summed E-state index contributed by atoms with van der Waals surface area (Å²) in [5.41, 5.74) is 2.58. The van der Waals surface area contributed by atoms with Crippen LogP contribution in [0.1, 0.15) is 18.5 Å². The van der Waals surface area contributed by atoms with E-state index in [0.717, 1.165) is 22.2 Å². The van der Waals surface area contributed by atoms with Crippen LogP contribution in [0.25, 0.3) is 22.4 Å². The maximum absolute atomic E-state index is 13.2. The minimum atomic E-state index is -0.261. The third-order valence-corrected chi connectivity index (χ3v) is 4.56. The average Bonchev–Trinajstić information content (AvgIpc) is 3.03. The largest absolute Gasteiger partial charge is 0.292 e. The summed E-state index contributed by atoms with van der Waals surface area (Å²) in [6, 6.07) is 18.2. The second-order valence-electron chi connectivity index (χ2n) is 5.84. The van der Waals surface area contributed by atoms with Gasteiger partial charge < -0.3 is 0 Å².